The zero-order chi connectivity index (χ0) is 15.7. The zero-order valence-electron chi connectivity index (χ0n) is 11.3. The molecule has 1 amide bonds. The molecule has 0 aliphatic rings. The third kappa shape index (κ3) is 4.16. The average molecular weight is 306 g/mol. The number of nitrogens with two attached hydrogens (primary N) is 1. The fourth-order valence-corrected chi connectivity index (χ4v) is 2.85. The Kier molecular flexibility index (Phi) is 4.38. The molecule has 0 bridgehead atoms. The molecule has 0 radical (unpaired) electrons. The second-order valence-electron chi connectivity index (χ2n) is 5.37. The Morgan fingerprint density at radius 1 is 1.25 bits per heavy atom. The van der Waals surface area contributed by atoms with Crippen LogP contribution in [0.1, 0.15) is 20.8 Å². The number of nitrogen functional groups attached to an aromatic ring is 1. The second-order valence-corrected chi connectivity index (χ2v) is 7.30. The topological polar surface area (TPSA) is 89.3 Å². The predicted octanol–water partition coefficient (Wildman–Crippen LogP) is 1.24. The molecule has 0 fully saturated rings. The first kappa shape index (κ1) is 16.4. The molecule has 0 aromatic heterocycles. The molecule has 8 heteroatoms. The summed E-state index contributed by atoms with van der Waals surface area (Å²) in [6, 6.07) is 1.38. The van der Waals surface area contributed by atoms with Crippen LogP contribution in [0.3, 0.4) is 0 Å². The van der Waals surface area contributed by atoms with Gasteiger partial charge in [-0.1, -0.05) is 0 Å². The number of carbonyl (C=O) groups excluding carboxylic acids is 1. The highest BCUT2D eigenvalue weighted by Gasteiger charge is 2.28. The standard InChI is InChI=1S/C12H16F2N2O3S/c1-12(2,3)16-10(17)6-20(18,19)11-8(13)4-7(15)5-9(11)14/h4-5H,6,15H2,1-3H3,(H,16,17). The van der Waals surface area contributed by atoms with E-state index in [2.05, 4.69) is 5.32 Å². The van der Waals surface area contributed by atoms with Crippen molar-refractivity contribution in [2.45, 2.75) is 31.2 Å². The van der Waals surface area contributed by atoms with E-state index in [1.165, 1.54) is 0 Å². The van der Waals surface area contributed by atoms with Crippen LogP contribution in [0.25, 0.3) is 0 Å². The van der Waals surface area contributed by atoms with Crippen LogP contribution in [0.2, 0.25) is 0 Å². The van der Waals surface area contributed by atoms with Crippen molar-refractivity contribution >= 4 is 21.4 Å². The lowest BCUT2D eigenvalue weighted by Gasteiger charge is -2.20. The lowest BCUT2D eigenvalue weighted by atomic mass is 10.1. The van der Waals surface area contributed by atoms with Gasteiger partial charge in [0.15, 0.2) is 9.84 Å². The summed E-state index contributed by atoms with van der Waals surface area (Å²) in [6.45, 7) is 4.96. The van der Waals surface area contributed by atoms with Crippen molar-refractivity contribution in [3.63, 3.8) is 0 Å². The number of anilines is 1. The monoisotopic (exact) mass is 306 g/mol. The van der Waals surface area contributed by atoms with Crippen molar-refractivity contribution in [1.82, 2.24) is 5.32 Å². The van der Waals surface area contributed by atoms with E-state index < -0.39 is 43.6 Å². The van der Waals surface area contributed by atoms with E-state index in [0.29, 0.717) is 12.1 Å². The van der Waals surface area contributed by atoms with Gasteiger partial charge in [0, 0.05) is 11.2 Å². The molecule has 0 heterocycles. The number of nitrogens with one attached hydrogen (secondary N) is 1. The number of benzene rings is 1. The molecule has 1 rings (SSSR count). The predicted molar refractivity (Wildman–Crippen MR) is 70.7 cm³/mol. The van der Waals surface area contributed by atoms with Crippen LogP contribution in [-0.4, -0.2) is 25.6 Å². The molecule has 3 N–H and O–H groups in total. The lowest BCUT2D eigenvalue weighted by molar-refractivity contribution is -0.120. The van der Waals surface area contributed by atoms with Crippen molar-refractivity contribution in [2.24, 2.45) is 0 Å². The number of rotatable bonds is 3. The summed E-state index contributed by atoms with van der Waals surface area (Å²) in [5.74, 6) is -4.51. The van der Waals surface area contributed by atoms with Crippen LogP contribution < -0.4 is 11.1 Å². The van der Waals surface area contributed by atoms with Crippen LogP contribution in [0, 0.1) is 11.6 Å². The maximum absolute atomic E-state index is 13.6. The smallest absolute Gasteiger partial charge is 0.235 e. The number of amides is 1. The first-order valence-corrected chi connectivity index (χ1v) is 7.36. The first-order valence-electron chi connectivity index (χ1n) is 5.71. The Morgan fingerprint density at radius 2 is 1.70 bits per heavy atom. The van der Waals surface area contributed by atoms with E-state index in [0.717, 1.165) is 0 Å². The van der Waals surface area contributed by atoms with Crippen molar-refractivity contribution in [3.8, 4) is 0 Å². The zero-order valence-corrected chi connectivity index (χ0v) is 12.1. The molecule has 1 aromatic carbocycles. The third-order valence-electron chi connectivity index (χ3n) is 2.17. The molecule has 0 spiro atoms. The second kappa shape index (κ2) is 5.35. The largest absolute Gasteiger partial charge is 0.399 e. The highest BCUT2D eigenvalue weighted by Crippen LogP contribution is 2.22. The number of carbonyl (C=O) groups is 1. The van der Waals surface area contributed by atoms with Crippen LogP contribution >= 0.6 is 0 Å². The Hall–Kier alpha value is -1.70. The van der Waals surface area contributed by atoms with Crippen molar-refractivity contribution in [1.29, 1.82) is 0 Å². The average Bonchev–Trinajstić information content (AvgIpc) is 2.08. The number of halogens is 2. The molecule has 0 unspecified atom stereocenters. The van der Waals surface area contributed by atoms with Gasteiger partial charge in [0.2, 0.25) is 5.91 Å². The normalized spacial score (nSPS) is 12.2. The van der Waals surface area contributed by atoms with Crippen LogP contribution in [0.4, 0.5) is 14.5 Å². The maximum atomic E-state index is 13.6. The summed E-state index contributed by atoms with van der Waals surface area (Å²) in [6.07, 6.45) is 0. The van der Waals surface area contributed by atoms with Crippen molar-refractivity contribution in [2.75, 3.05) is 11.5 Å². The van der Waals surface area contributed by atoms with E-state index in [1.54, 1.807) is 20.8 Å². The van der Waals surface area contributed by atoms with Gasteiger partial charge in [0.05, 0.1) is 0 Å². The molecule has 20 heavy (non-hydrogen) atoms. The Labute approximate surface area is 116 Å². The SMILES string of the molecule is CC(C)(C)NC(=O)CS(=O)(=O)c1c(F)cc(N)cc1F. The minimum atomic E-state index is -4.43. The fraction of sp³-hybridized carbons (Fsp3) is 0.417. The first-order chi connectivity index (χ1) is 8.92. The molecule has 0 aliphatic heterocycles. The summed E-state index contributed by atoms with van der Waals surface area (Å²) >= 11 is 0. The summed E-state index contributed by atoms with van der Waals surface area (Å²) in [5, 5.41) is 2.41. The van der Waals surface area contributed by atoms with Gasteiger partial charge >= 0.3 is 0 Å². The molecule has 112 valence electrons. The molecule has 5 nitrogen and oxygen atoms in total. The molecule has 0 atom stereocenters. The van der Waals surface area contributed by atoms with Gasteiger partial charge in [0.1, 0.15) is 22.3 Å². The summed E-state index contributed by atoms with van der Waals surface area (Å²) in [7, 11) is -4.43. The molecule has 1 aromatic rings. The molecular formula is C12H16F2N2O3S. The van der Waals surface area contributed by atoms with Crippen LogP contribution in [-0.2, 0) is 14.6 Å². The van der Waals surface area contributed by atoms with E-state index in [9.17, 15) is 22.0 Å². The third-order valence-corrected chi connectivity index (χ3v) is 3.82. The summed E-state index contributed by atoms with van der Waals surface area (Å²) in [5.41, 5.74) is 4.32. The molecule has 0 saturated carbocycles. The highest BCUT2D eigenvalue weighted by molar-refractivity contribution is 7.92. The molecule has 0 aliphatic carbocycles. The fourth-order valence-electron chi connectivity index (χ4n) is 1.58. The van der Waals surface area contributed by atoms with Gasteiger partial charge in [0.25, 0.3) is 0 Å². The van der Waals surface area contributed by atoms with Gasteiger partial charge < -0.3 is 11.1 Å². The quantitative estimate of drug-likeness (QED) is 0.822. The van der Waals surface area contributed by atoms with Crippen LogP contribution in [0.5, 0.6) is 0 Å². The minimum absolute atomic E-state index is 0.238. The van der Waals surface area contributed by atoms with E-state index >= 15 is 0 Å². The highest BCUT2D eigenvalue weighted by atomic mass is 32.2. The van der Waals surface area contributed by atoms with Crippen LogP contribution in [0.15, 0.2) is 17.0 Å². The van der Waals surface area contributed by atoms with Gasteiger partial charge in [-0.05, 0) is 32.9 Å². The Morgan fingerprint density at radius 3 is 2.10 bits per heavy atom. The van der Waals surface area contributed by atoms with Gasteiger partial charge in [-0.15, -0.1) is 0 Å². The summed E-state index contributed by atoms with van der Waals surface area (Å²) < 4.78 is 50.9. The summed E-state index contributed by atoms with van der Waals surface area (Å²) in [4.78, 5) is 10.4. The number of hydrogen-bond acceptors (Lipinski definition) is 4. The lowest BCUT2D eigenvalue weighted by Crippen LogP contribution is -2.43. The van der Waals surface area contributed by atoms with E-state index in [-0.39, 0.29) is 5.69 Å². The number of hydrogen-bond donors (Lipinski definition) is 2. The number of sulfone groups is 1. The van der Waals surface area contributed by atoms with Crippen molar-refractivity contribution in [3.05, 3.63) is 23.8 Å². The van der Waals surface area contributed by atoms with Crippen molar-refractivity contribution < 1.29 is 22.0 Å². The Balaban J connectivity index is 3.10. The molecule has 0 saturated heterocycles. The maximum Gasteiger partial charge on any atom is 0.235 e. The van der Waals surface area contributed by atoms with Gasteiger partial charge in [-0.3, -0.25) is 4.79 Å². The van der Waals surface area contributed by atoms with Gasteiger partial charge in [-0.2, -0.15) is 0 Å². The van der Waals surface area contributed by atoms with E-state index in [4.69, 9.17) is 5.73 Å². The Bertz CT molecular complexity index is 614. The molecular weight excluding hydrogens is 290 g/mol. The van der Waals surface area contributed by atoms with Gasteiger partial charge in [-0.25, -0.2) is 17.2 Å². The van der Waals surface area contributed by atoms with E-state index in [1.807, 2.05) is 0 Å². The minimum Gasteiger partial charge on any atom is -0.399 e.